The van der Waals surface area contributed by atoms with Crippen LogP contribution in [0.3, 0.4) is 0 Å². The zero-order valence-corrected chi connectivity index (χ0v) is 14.1. The zero-order valence-electron chi connectivity index (χ0n) is 12.5. The van der Waals surface area contributed by atoms with E-state index in [1.807, 2.05) is 51.1 Å². The van der Waals surface area contributed by atoms with Gasteiger partial charge in [0.1, 0.15) is 0 Å². The Morgan fingerprint density at radius 3 is 2.64 bits per heavy atom. The Kier molecular flexibility index (Phi) is 5.41. The second-order valence-corrected chi connectivity index (χ2v) is 6.93. The third kappa shape index (κ3) is 5.76. The number of hydrogen-bond acceptors (Lipinski definition) is 5. The molecule has 0 saturated carbocycles. The molecule has 7 heteroatoms. The normalized spacial score (nSPS) is 10.5. The Hall–Kier alpha value is -2.04. The van der Waals surface area contributed by atoms with Gasteiger partial charge in [-0.15, -0.1) is 0 Å². The molecule has 5 nitrogen and oxygen atoms in total. The summed E-state index contributed by atoms with van der Waals surface area (Å²) in [7, 11) is 0. The third-order valence-corrected chi connectivity index (χ3v) is 3.54. The van der Waals surface area contributed by atoms with Crippen LogP contribution in [-0.2, 0) is 0 Å². The van der Waals surface area contributed by atoms with Crippen LogP contribution in [0.5, 0.6) is 0 Å². The molecule has 1 aromatic carbocycles. The second kappa shape index (κ2) is 7.29. The Bertz CT molecular complexity index is 696. The van der Waals surface area contributed by atoms with Crippen molar-refractivity contribution < 1.29 is 4.79 Å². The fourth-order valence-corrected chi connectivity index (χ4v) is 2.68. The van der Waals surface area contributed by atoms with E-state index in [4.69, 9.17) is 0 Å². The molecule has 0 aliphatic heterocycles. The third-order valence-electron chi connectivity index (χ3n) is 2.23. The number of carbonyl (C=O) groups is 1. The van der Waals surface area contributed by atoms with E-state index in [-0.39, 0.29) is 11.4 Å². The lowest BCUT2D eigenvalue weighted by molar-refractivity contribution is 0.262. The van der Waals surface area contributed by atoms with E-state index in [1.165, 1.54) is 11.8 Å². The number of hydrogen-bond donors (Lipinski definition) is 2. The Labute approximate surface area is 138 Å². The minimum Gasteiger partial charge on any atom is -0.308 e. The molecule has 0 saturated heterocycles. The van der Waals surface area contributed by atoms with Gasteiger partial charge in [-0.2, -0.15) is 9.36 Å². The van der Waals surface area contributed by atoms with Gasteiger partial charge in [-0.3, -0.25) is 5.32 Å². The van der Waals surface area contributed by atoms with Crippen LogP contribution in [0.4, 0.5) is 15.6 Å². The van der Waals surface area contributed by atoms with E-state index in [9.17, 15) is 4.79 Å². The molecule has 0 aliphatic carbocycles. The number of nitrogens with zero attached hydrogens (tertiary/aromatic N) is 2. The molecule has 1 aromatic heterocycles. The van der Waals surface area contributed by atoms with Gasteiger partial charge < -0.3 is 5.32 Å². The van der Waals surface area contributed by atoms with Crippen molar-refractivity contribution in [3.05, 3.63) is 30.3 Å². The average molecular weight is 332 g/mol. The number of benzene rings is 1. The molecule has 1 heterocycles. The fraction of sp³-hybridized carbons (Fsp3) is 0.267. The highest BCUT2D eigenvalue weighted by molar-refractivity contribution is 8.03. The van der Waals surface area contributed by atoms with Crippen LogP contribution in [0.2, 0.25) is 0 Å². The van der Waals surface area contributed by atoms with E-state index >= 15 is 0 Å². The molecule has 0 atom stereocenters. The van der Waals surface area contributed by atoms with Crippen molar-refractivity contribution in [1.29, 1.82) is 0 Å². The topological polar surface area (TPSA) is 66.9 Å². The van der Waals surface area contributed by atoms with Crippen molar-refractivity contribution in [2.24, 2.45) is 5.41 Å². The van der Waals surface area contributed by atoms with Crippen LogP contribution in [-0.4, -0.2) is 15.4 Å². The summed E-state index contributed by atoms with van der Waals surface area (Å²) in [6, 6.07) is 8.86. The number of rotatable bonds is 3. The maximum Gasteiger partial charge on any atom is 0.325 e. The van der Waals surface area contributed by atoms with Gasteiger partial charge in [0.25, 0.3) is 0 Å². The molecule has 2 rings (SSSR count). The summed E-state index contributed by atoms with van der Waals surface area (Å²) < 4.78 is 4.14. The van der Waals surface area contributed by atoms with E-state index in [0.717, 1.165) is 17.2 Å². The van der Waals surface area contributed by atoms with Gasteiger partial charge >= 0.3 is 6.03 Å². The Morgan fingerprint density at radius 1 is 1.23 bits per heavy atom. The quantitative estimate of drug-likeness (QED) is 0.650. The van der Waals surface area contributed by atoms with Gasteiger partial charge in [0, 0.05) is 34.4 Å². The van der Waals surface area contributed by atoms with Crippen molar-refractivity contribution in [1.82, 2.24) is 9.36 Å². The number of carbonyl (C=O) groups excluding carboxylic acids is 1. The number of thioether (sulfide) groups is 1. The minimum absolute atomic E-state index is 0.0559. The molecule has 2 aromatic rings. The van der Waals surface area contributed by atoms with Crippen molar-refractivity contribution in [3.8, 4) is 11.2 Å². The maximum atomic E-state index is 11.8. The first-order valence-corrected chi connectivity index (χ1v) is 8.17. The van der Waals surface area contributed by atoms with Crippen LogP contribution in [0.15, 0.2) is 35.5 Å². The van der Waals surface area contributed by atoms with Gasteiger partial charge in [0.05, 0.1) is 0 Å². The van der Waals surface area contributed by atoms with Crippen molar-refractivity contribution in [2.45, 2.75) is 25.9 Å². The Morgan fingerprint density at radius 2 is 1.95 bits per heavy atom. The number of nitrogens with one attached hydrogen (secondary N) is 2. The van der Waals surface area contributed by atoms with Crippen molar-refractivity contribution in [2.75, 3.05) is 10.6 Å². The maximum absolute atomic E-state index is 11.8. The summed E-state index contributed by atoms with van der Waals surface area (Å²) in [6.45, 7) is 6.11. The van der Waals surface area contributed by atoms with Crippen molar-refractivity contribution in [3.63, 3.8) is 0 Å². The lowest BCUT2D eigenvalue weighted by atomic mass is 9.99. The highest BCUT2D eigenvalue weighted by Gasteiger charge is 2.08. The fourth-order valence-electron chi connectivity index (χ4n) is 1.31. The summed E-state index contributed by atoms with van der Waals surface area (Å²) >= 11 is 2.38. The van der Waals surface area contributed by atoms with E-state index in [1.54, 1.807) is 0 Å². The minimum atomic E-state index is -0.348. The van der Waals surface area contributed by atoms with E-state index < -0.39 is 0 Å². The van der Waals surface area contributed by atoms with Crippen LogP contribution in [0.1, 0.15) is 20.8 Å². The highest BCUT2D eigenvalue weighted by Crippen LogP contribution is 2.20. The molecule has 0 unspecified atom stereocenters. The molecule has 114 valence electrons. The molecule has 2 N–H and O–H groups in total. The van der Waals surface area contributed by atoms with Gasteiger partial charge in [0.15, 0.2) is 0 Å². The summed E-state index contributed by atoms with van der Waals surface area (Å²) in [4.78, 5) is 16.0. The van der Waals surface area contributed by atoms with Gasteiger partial charge in [-0.25, -0.2) is 4.79 Å². The summed E-state index contributed by atoms with van der Waals surface area (Å²) in [5.41, 5.74) is 0.662. The lowest BCUT2D eigenvalue weighted by Gasteiger charge is -2.05. The van der Waals surface area contributed by atoms with Gasteiger partial charge in [-0.05, 0) is 38.2 Å². The summed E-state index contributed by atoms with van der Waals surface area (Å²) in [5, 5.41) is 9.31. The number of para-hydroxylation sites is 1. The lowest BCUT2D eigenvalue weighted by Crippen LogP contribution is -2.19. The zero-order chi connectivity index (χ0) is 16.0. The molecule has 0 bridgehead atoms. The van der Waals surface area contributed by atoms with Crippen LogP contribution >= 0.6 is 23.3 Å². The standard InChI is InChI=1S/C15H16N4OS2/c1-15(2,3)9-10-21-14-18-13(22-19-14)17-12(20)16-11-7-5-4-6-8-11/h4-8H,1-3H3,(H2,16,17,18,19,20). The van der Waals surface area contributed by atoms with Crippen LogP contribution in [0, 0.1) is 16.6 Å². The SMILES string of the molecule is CC(C)(C)C#CSc1nsc(NC(=O)Nc2ccccc2)n1. The predicted octanol–water partition coefficient (Wildman–Crippen LogP) is 4.28. The van der Waals surface area contributed by atoms with Crippen LogP contribution in [0.25, 0.3) is 0 Å². The molecular weight excluding hydrogens is 316 g/mol. The molecule has 2 amide bonds. The highest BCUT2D eigenvalue weighted by atomic mass is 32.2. The monoisotopic (exact) mass is 332 g/mol. The number of amides is 2. The first-order valence-electron chi connectivity index (χ1n) is 6.58. The predicted molar refractivity (Wildman–Crippen MR) is 92.1 cm³/mol. The molecule has 0 aliphatic rings. The van der Waals surface area contributed by atoms with Gasteiger partial charge in [0.2, 0.25) is 10.3 Å². The molecular formula is C15H16N4OS2. The van der Waals surface area contributed by atoms with Crippen LogP contribution < -0.4 is 10.6 Å². The smallest absolute Gasteiger partial charge is 0.308 e. The molecule has 0 radical (unpaired) electrons. The number of urea groups is 1. The van der Waals surface area contributed by atoms with Gasteiger partial charge in [-0.1, -0.05) is 24.1 Å². The van der Waals surface area contributed by atoms with Crippen molar-refractivity contribution >= 4 is 40.1 Å². The number of aromatic nitrogens is 2. The average Bonchev–Trinajstić information content (AvgIpc) is 2.85. The Balaban J connectivity index is 1.89. The largest absolute Gasteiger partial charge is 0.325 e. The summed E-state index contributed by atoms with van der Waals surface area (Å²) in [6.07, 6.45) is 0. The molecule has 0 fully saturated rings. The second-order valence-electron chi connectivity index (χ2n) is 5.41. The molecule has 22 heavy (non-hydrogen) atoms. The van der Waals surface area contributed by atoms with E-state index in [2.05, 4.69) is 31.2 Å². The number of anilines is 2. The summed E-state index contributed by atoms with van der Waals surface area (Å²) in [5.74, 6) is 3.09. The van der Waals surface area contributed by atoms with E-state index in [0.29, 0.717) is 10.3 Å². The first kappa shape index (κ1) is 16.3. The first-order chi connectivity index (χ1) is 10.4. The molecule has 0 spiro atoms.